The Bertz CT molecular complexity index is 749. The Hall–Kier alpha value is -1.66. The van der Waals surface area contributed by atoms with Crippen LogP contribution in [0.5, 0.6) is 0 Å². The minimum absolute atomic E-state index is 0.771. The summed E-state index contributed by atoms with van der Waals surface area (Å²) in [6.07, 6.45) is 3.07. The number of thiazole rings is 1. The van der Waals surface area contributed by atoms with Gasteiger partial charge in [-0.2, -0.15) is 10.1 Å². The molecule has 0 spiro atoms. The second-order valence-corrected chi connectivity index (χ2v) is 5.76. The van der Waals surface area contributed by atoms with Crippen LogP contribution < -0.4 is 5.32 Å². The molecule has 0 atom stereocenters. The Balaban J connectivity index is 2.23. The zero-order valence-electron chi connectivity index (χ0n) is 12.3. The molecule has 0 aliphatic heterocycles. The molecule has 106 valence electrons. The van der Waals surface area contributed by atoms with Crippen molar-refractivity contribution in [2.75, 3.05) is 7.05 Å². The lowest BCUT2D eigenvalue weighted by molar-refractivity contribution is 0.744. The van der Waals surface area contributed by atoms with E-state index in [0.717, 1.165) is 35.1 Å². The lowest BCUT2D eigenvalue weighted by Gasteiger charge is -2.05. The molecule has 0 aromatic carbocycles. The average molecular weight is 289 g/mol. The number of nitrogens with zero attached hydrogens (tertiary/aromatic N) is 4. The van der Waals surface area contributed by atoms with Crippen molar-refractivity contribution in [3.8, 4) is 5.82 Å². The number of rotatable bonds is 4. The van der Waals surface area contributed by atoms with Crippen LogP contribution in [0.1, 0.15) is 29.6 Å². The van der Waals surface area contributed by atoms with Crippen LogP contribution in [0, 0.1) is 13.8 Å². The lowest BCUT2D eigenvalue weighted by Crippen LogP contribution is -2.12. The van der Waals surface area contributed by atoms with E-state index in [4.69, 9.17) is 4.98 Å². The van der Waals surface area contributed by atoms with Gasteiger partial charge in [-0.3, -0.25) is 4.40 Å². The molecule has 3 aromatic rings. The molecule has 0 saturated carbocycles. The van der Waals surface area contributed by atoms with Crippen molar-refractivity contribution in [2.24, 2.45) is 0 Å². The molecule has 3 aromatic heterocycles. The van der Waals surface area contributed by atoms with Gasteiger partial charge in [0.05, 0.1) is 11.4 Å². The van der Waals surface area contributed by atoms with E-state index >= 15 is 0 Å². The smallest absolute Gasteiger partial charge is 0.196 e. The van der Waals surface area contributed by atoms with E-state index in [1.165, 1.54) is 11.3 Å². The van der Waals surface area contributed by atoms with E-state index in [1.54, 1.807) is 11.3 Å². The van der Waals surface area contributed by atoms with Crippen molar-refractivity contribution >= 4 is 16.3 Å². The fourth-order valence-corrected chi connectivity index (χ4v) is 3.44. The highest BCUT2D eigenvalue weighted by Crippen LogP contribution is 2.24. The molecule has 0 aliphatic carbocycles. The van der Waals surface area contributed by atoms with Crippen molar-refractivity contribution in [3.05, 3.63) is 34.2 Å². The quantitative estimate of drug-likeness (QED) is 0.802. The van der Waals surface area contributed by atoms with Crippen molar-refractivity contribution < 1.29 is 0 Å². The Morgan fingerprint density at radius 1 is 1.35 bits per heavy atom. The Morgan fingerprint density at radius 2 is 2.15 bits per heavy atom. The molecule has 5 nitrogen and oxygen atoms in total. The second kappa shape index (κ2) is 5.03. The van der Waals surface area contributed by atoms with Gasteiger partial charge in [0.1, 0.15) is 0 Å². The number of hydrogen-bond donors (Lipinski definition) is 1. The van der Waals surface area contributed by atoms with Gasteiger partial charge in [0.25, 0.3) is 0 Å². The third-order valence-corrected chi connectivity index (χ3v) is 4.44. The summed E-state index contributed by atoms with van der Waals surface area (Å²) < 4.78 is 4.12. The molecule has 0 fully saturated rings. The number of fused-ring (bicyclic) bond motifs is 1. The van der Waals surface area contributed by atoms with E-state index in [-0.39, 0.29) is 0 Å². The standard InChI is InChI=1S/C14H19N5S/c1-5-11-9(2)17-19(10(11)3)13-12(8-15-4)18-6-7-20-14(18)16-13/h6-7,15H,5,8H2,1-4H3. The van der Waals surface area contributed by atoms with Gasteiger partial charge in [-0.05, 0) is 32.9 Å². The SMILES string of the molecule is CCc1c(C)nn(-c2nc3sccn3c2CNC)c1C. The molecule has 0 bridgehead atoms. The summed E-state index contributed by atoms with van der Waals surface area (Å²) in [6, 6.07) is 0. The fourth-order valence-electron chi connectivity index (χ4n) is 2.72. The largest absolute Gasteiger partial charge is 0.314 e. The van der Waals surface area contributed by atoms with Crippen LogP contribution in [0.15, 0.2) is 11.6 Å². The molecule has 0 aliphatic rings. The molecule has 0 radical (unpaired) electrons. The number of nitrogens with one attached hydrogen (secondary N) is 1. The molecular weight excluding hydrogens is 270 g/mol. The predicted octanol–water partition coefficient (Wildman–Crippen LogP) is 2.48. The minimum atomic E-state index is 0.771. The fraction of sp³-hybridized carbons (Fsp3) is 0.429. The first-order chi connectivity index (χ1) is 9.67. The van der Waals surface area contributed by atoms with E-state index in [0.29, 0.717) is 0 Å². The number of hydrogen-bond acceptors (Lipinski definition) is 4. The van der Waals surface area contributed by atoms with Gasteiger partial charge in [-0.15, -0.1) is 11.3 Å². The van der Waals surface area contributed by atoms with Gasteiger partial charge in [0, 0.05) is 23.8 Å². The van der Waals surface area contributed by atoms with Crippen LogP contribution in [0.2, 0.25) is 0 Å². The zero-order valence-corrected chi connectivity index (χ0v) is 13.1. The number of imidazole rings is 1. The molecule has 20 heavy (non-hydrogen) atoms. The van der Waals surface area contributed by atoms with Crippen molar-refractivity contribution in [3.63, 3.8) is 0 Å². The maximum Gasteiger partial charge on any atom is 0.196 e. The lowest BCUT2D eigenvalue weighted by atomic mass is 10.1. The highest BCUT2D eigenvalue weighted by atomic mass is 32.1. The van der Waals surface area contributed by atoms with Crippen molar-refractivity contribution in [1.82, 2.24) is 24.5 Å². The third kappa shape index (κ3) is 1.87. The van der Waals surface area contributed by atoms with Crippen LogP contribution in [0.3, 0.4) is 0 Å². The first-order valence-corrected chi connectivity index (χ1v) is 7.69. The highest BCUT2D eigenvalue weighted by Gasteiger charge is 2.19. The van der Waals surface area contributed by atoms with E-state index in [1.807, 2.05) is 11.7 Å². The van der Waals surface area contributed by atoms with Crippen molar-refractivity contribution in [2.45, 2.75) is 33.7 Å². The maximum atomic E-state index is 4.75. The molecule has 0 amide bonds. The molecule has 0 saturated heterocycles. The number of aromatic nitrogens is 4. The molecule has 1 N–H and O–H groups in total. The molecule has 0 unspecified atom stereocenters. The summed E-state index contributed by atoms with van der Waals surface area (Å²) in [5.41, 5.74) is 4.75. The number of aryl methyl sites for hydroxylation is 1. The Labute approximate surface area is 122 Å². The van der Waals surface area contributed by atoms with E-state index < -0.39 is 0 Å². The summed E-state index contributed by atoms with van der Waals surface area (Å²) in [5.74, 6) is 0.937. The van der Waals surface area contributed by atoms with Gasteiger partial charge >= 0.3 is 0 Å². The van der Waals surface area contributed by atoms with Crippen LogP contribution >= 0.6 is 11.3 Å². The Morgan fingerprint density at radius 3 is 2.80 bits per heavy atom. The first-order valence-electron chi connectivity index (χ1n) is 6.81. The topological polar surface area (TPSA) is 47.2 Å². The van der Waals surface area contributed by atoms with E-state index in [9.17, 15) is 0 Å². The molecule has 3 rings (SSSR count). The summed E-state index contributed by atoms with van der Waals surface area (Å²) in [4.78, 5) is 5.76. The molecular formula is C14H19N5S. The van der Waals surface area contributed by atoms with E-state index in [2.05, 4.69) is 47.2 Å². The van der Waals surface area contributed by atoms with Crippen molar-refractivity contribution in [1.29, 1.82) is 0 Å². The summed E-state index contributed by atoms with van der Waals surface area (Å²) in [5, 5.41) is 9.97. The predicted molar refractivity (Wildman–Crippen MR) is 81.8 cm³/mol. The summed E-state index contributed by atoms with van der Waals surface area (Å²) in [6.45, 7) is 7.13. The minimum Gasteiger partial charge on any atom is -0.314 e. The summed E-state index contributed by atoms with van der Waals surface area (Å²) >= 11 is 1.65. The van der Waals surface area contributed by atoms with Gasteiger partial charge in [-0.1, -0.05) is 6.92 Å². The maximum absolute atomic E-state index is 4.75. The second-order valence-electron chi connectivity index (χ2n) is 4.88. The first kappa shape index (κ1) is 13.3. The third-order valence-electron chi connectivity index (χ3n) is 3.68. The summed E-state index contributed by atoms with van der Waals surface area (Å²) in [7, 11) is 1.95. The average Bonchev–Trinajstić information content (AvgIpc) is 3.06. The van der Waals surface area contributed by atoms with Crippen LogP contribution in [-0.2, 0) is 13.0 Å². The molecule has 3 heterocycles. The normalized spacial score (nSPS) is 11.6. The van der Waals surface area contributed by atoms with Gasteiger partial charge in [-0.25, -0.2) is 4.68 Å². The van der Waals surface area contributed by atoms with Crippen LogP contribution in [-0.4, -0.2) is 26.2 Å². The van der Waals surface area contributed by atoms with Crippen LogP contribution in [0.25, 0.3) is 10.8 Å². The monoisotopic (exact) mass is 289 g/mol. The van der Waals surface area contributed by atoms with Gasteiger partial charge in [0.2, 0.25) is 0 Å². The molecule has 6 heteroatoms. The van der Waals surface area contributed by atoms with Gasteiger partial charge < -0.3 is 5.32 Å². The van der Waals surface area contributed by atoms with Gasteiger partial charge in [0.15, 0.2) is 10.8 Å². The zero-order chi connectivity index (χ0) is 14.3. The highest BCUT2D eigenvalue weighted by molar-refractivity contribution is 7.15. The van der Waals surface area contributed by atoms with Crippen LogP contribution in [0.4, 0.5) is 0 Å². The Kier molecular flexibility index (Phi) is 3.35.